The molecule has 114 valence electrons. The SMILES string of the molecule is CCC1(CNS(=O)(=O)c2ccc(F)c(C#N)c2)CCCC1. The maximum atomic E-state index is 13.3. The van der Waals surface area contributed by atoms with Gasteiger partial charge in [-0.25, -0.2) is 17.5 Å². The first kappa shape index (κ1) is 15.9. The predicted octanol–water partition coefficient (Wildman–Crippen LogP) is 2.95. The molecule has 0 heterocycles. The summed E-state index contributed by atoms with van der Waals surface area (Å²) in [6.45, 7) is 2.47. The molecule has 0 bridgehead atoms. The molecular formula is C15H19FN2O2S. The average molecular weight is 310 g/mol. The second-order valence-corrected chi connectivity index (χ2v) is 7.41. The third kappa shape index (κ3) is 3.42. The first-order chi connectivity index (χ1) is 9.92. The summed E-state index contributed by atoms with van der Waals surface area (Å²) in [4.78, 5) is -0.0651. The molecule has 1 aromatic rings. The van der Waals surface area contributed by atoms with E-state index in [1.54, 1.807) is 6.07 Å². The second kappa shape index (κ2) is 6.12. The molecule has 0 aromatic heterocycles. The Kier molecular flexibility index (Phi) is 4.64. The van der Waals surface area contributed by atoms with Crippen LogP contribution in [0.1, 0.15) is 44.6 Å². The summed E-state index contributed by atoms with van der Waals surface area (Å²) in [6.07, 6.45) is 5.25. The normalized spacial score (nSPS) is 17.6. The van der Waals surface area contributed by atoms with Crippen molar-refractivity contribution in [2.45, 2.75) is 43.9 Å². The highest BCUT2D eigenvalue weighted by Gasteiger charge is 2.33. The van der Waals surface area contributed by atoms with E-state index in [1.165, 1.54) is 6.07 Å². The van der Waals surface area contributed by atoms with Crippen LogP contribution in [-0.4, -0.2) is 15.0 Å². The summed E-state index contributed by atoms with van der Waals surface area (Å²) < 4.78 is 40.5. The van der Waals surface area contributed by atoms with E-state index in [-0.39, 0.29) is 15.9 Å². The molecule has 1 saturated carbocycles. The largest absolute Gasteiger partial charge is 0.240 e. The molecule has 0 unspecified atom stereocenters. The minimum Gasteiger partial charge on any atom is -0.211 e. The molecule has 0 radical (unpaired) electrons. The van der Waals surface area contributed by atoms with Crippen molar-refractivity contribution in [3.05, 3.63) is 29.6 Å². The fourth-order valence-corrected chi connectivity index (χ4v) is 4.05. The van der Waals surface area contributed by atoms with Gasteiger partial charge < -0.3 is 0 Å². The summed E-state index contributed by atoms with van der Waals surface area (Å²) in [7, 11) is -3.71. The summed E-state index contributed by atoms with van der Waals surface area (Å²) >= 11 is 0. The number of benzene rings is 1. The Morgan fingerprint density at radius 3 is 2.62 bits per heavy atom. The van der Waals surface area contributed by atoms with Crippen LogP contribution in [0.25, 0.3) is 0 Å². The number of halogens is 1. The number of nitrogens with one attached hydrogen (secondary N) is 1. The Morgan fingerprint density at radius 1 is 1.38 bits per heavy atom. The van der Waals surface area contributed by atoms with Gasteiger partial charge in [0.2, 0.25) is 10.0 Å². The van der Waals surface area contributed by atoms with Crippen LogP contribution in [0.4, 0.5) is 4.39 Å². The second-order valence-electron chi connectivity index (χ2n) is 5.64. The van der Waals surface area contributed by atoms with Gasteiger partial charge in [-0.3, -0.25) is 0 Å². The van der Waals surface area contributed by atoms with Crippen LogP contribution < -0.4 is 4.72 Å². The highest BCUT2D eigenvalue weighted by molar-refractivity contribution is 7.89. The fourth-order valence-electron chi connectivity index (χ4n) is 2.87. The zero-order chi connectivity index (χ0) is 15.5. The zero-order valence-electron chi connectivity index (χ0n) is 12.0. The van der Waals surface area contributed by atoms with Crippen LogP contribution in [0.5, 0.6) is 0 Å². The van der Waals surface area contributed by atoms with Crippen LogP contribution >= 0.6 is 0 Å². The molecule has 4 nitrogen and oxygen atoms in total. The van der Waals surface area contributed by atoms with Gasteiger partial charge in [-0.15, -0.1) is 0 Å². The van der Waals surface area contributed by atoms with Gasteiger partial charge in [0, 0.05) is 6.54 Å². The van der Waals surface area contributed by atoms with E-state index in [1.807, 2.05) is 0 Å². The van der Waals surface area contributed by atoms with E-state index in [2.05, 4.69) is 11.6 Å². The van der Waals surface area contributed by atoms with Crippen LogP contribution in [-0.2, 0) is 10.0 Å². The Labute approximate surface area is 125 Å². The zero-order valence-corrected chi connectivity index (χ0v) is 12.8. The molecular weight excluding hydrogens is 291 g/mol. The van der Waals surface area contributed by atoms with E-state index in [4.69, 9.17) is 5.26 Å². The monoisotopic (exact) mass is 310 g/mol. The Bertz CT molecular complexity index is 659. The van der Waals surface area contributed by atoms with E-state index < -0.39 is 15.8 Å². The molecule has 0 atom stereocenters. The Hall–Kier alpha value is -1.45. The van der Waals surface area contributed by atoms with Crippen molar-refractivity contribution in [3.63, 3.8) is 0 Å². The van der Waals surface area contributed by atoms with E-state index in [0.29, 0.717) is 6.54 Å². The molecule has 0 aliphatic heterocycles. The van der Waals surface area contributed by atoms with Gasteiger partial charge in [0.05, 0.1) is 10.5 Å². The number of hydrogen-bond donors (Lipinski definition) is 1. The quantitative estimate of drug-likeness (QED) is 0.909. The number of nitrogens with zero attached hydrogens (tertiary/aromatic N) is 1. The number of hydrogen-bond acceptors (Lipinski definition) is 3. The van der Waals surface area contributed by atoms with Crippen molar-refractivity contribution >= 4 is 10.0 Å². The fraction of sp³-hybridized carbons (Fsp3) is 0.533. The first-order valence-corrected chi connectivity index (χ1v) is 8.60. The highest BCUT2D eigenvalue weighted by atomic mass is 32.2. The van der Waals surface area contributed by atoms with Crippen molar-refractivity contribution in [2.24, 2.45) is 5.41 Å². The van der Waals surface area contributed by atoms with Crippen LogP contribution in [0.3, 0.4) is 0 Å². The third-order valence-corrected chi connectivity index (χ3v) is 5.82. The van der Waals surface area contributed by atoms with Gasteiger partial charge in [0.1, 0.15) is 11.9 Å². The lowest BCUT2D eigenvalue weighted by atomic mass is 9.84. The molecule has 1 fully saturated rings. The molecule has 0 saturated heterocycles. The topological polar surface area (TPSA) is 70.0 Å². The molecule has 1 aromatic carbocycles. The molecule has 1 aliphatic carbocycles. The van der Waals surface area contributed by atoms with Gasteiger partial charge in [0.25, 0.3) is 0 Å². The summed E-state index contributed by atoms with van der Waals surface area (Å²) in [5.41, 5.74) is -0.227. The minimum absolute atomic E-state index is 0.0329. The number of rotatable bonds is 5. The first-order valence-electron chi connectivity index (χ1n) is 7.12. The molecule has 2 rings (SSSR count). The van der Waals surface area contributed by atoms with Gasteiger partial charge in [-0.2, -0.15) is 5.26 Å². The predicted molar refractivity (Wildman–Crippen MR) is 77.5 cm³/mol. The van der Waals surface area contributed by atoms with Crippen LogP contribution in [0.15, 0.2) is 23.1 Å². The van der Waals surface area contributed by atoms with E-state index >= 15 is 0 Å². The molecule has 0 spiro atoms. The maximum Gasteiger partial charge on any atom is 0.240 e. The van der Waals surface area contributed by atoms with Crippen molar-refractivity contribution in [1.29, 1.82) is 5.26 Å². The number of nitriles is 1. The van der Waals surface area contributed by atoms with Gasteiger partial charge in [0.15, 0.2) is 0 Å². The lowest BCUT2D eigenvalue weighted by Crippen LogP contribution is -2.35. The Morgan fingerprint density at radius 2 is 2.05 bits per heavy atom. The highest BCUT2D eigenvalue weighted by Crippen LogP contribution is 2.40. The van der Waals surface area contributed by atoms with E-state index in [0.717, 1.165) is 44.2 Å². The lowest BCUT2D eigenvalue weighted by Gasteiger charge is -2.27. The molecule has 21 heavy (non-hydrogen) atoms. The minimum atomic E-state index is -3.71. The van der Waals surface area contributed by atoms with Gasteiger partial charge >= 0.3 is 0 Å². The van der Waals surface area contributed by atoms with Crippen molar-refractivity contribution in [3.8, 4) is 6.07 Å². The van der Waals surface area contributed by atoms with Crippen LogP contribution in [0, 0.1) is 22.6 Å². The van der Waals surface area contributed by atoms with Crippen LogP contribution in [0.2, 0.25) is 0 Å². The summed E-state index contributed by atoms with van der Waals surface area (Å²) in [5.74, 6) is -0.711. The van der Waals surface area contributed by atoms with E-state index in [9.17, 15) is 12.8 Å². The average Bonchev–Trinajstić information content (AvgIpc) is 2.95. The molecule has 1 aliphatic rings. The summed E-state index contributed by atoms with van der Waals surface area (Å²) in [6, 6.07) is 4.93. The third-order valence-electron chi connectivity index (χ3n) is 4.42. The number of sulfonamides is 1. The maximum absolute atomic E-state index is 13.3. The van der Waals surface area contributed by atoms with Crippen molar-refractivity contribution in [1.82, 2.24) is 4.72 Å². The smallest absolute Gasteiger partial charge is 0.211 e. The summed E-state index contributed by atoms with van der Waals surface area (Å²) in [5, 5.41) is 8.78. The Balaban J connectivity index is 2.17. The molecule has 0 amide bonds. The van der Waals surface area contributed by atoms with Crippen molar-refractivity contribution in [2.75, 3.05) is 6.54 Å². The van der Waals surface area contributed by atoms with Gasteiger partial charge in [-0.1, -0.05) is 19.8 Å². The standard InChI is InChI=1S/C15H19FN2O2S/c1-2-15(7-3-4-8-15)11-18-21(19,20)13-5-6-14(16)12(9-13)10-17/h5-6,9,18H,2-4,7-8,11H2,1H3. The lowest BCUT2D eigenvalue weighted by molar-refractivity contribution is 0.285. The van der Waals surface area contributed by atoms with Crippen molar-refractivity contribution < 1.29 is 12.8 Å². The molecule has 6 heteroatoms. The van der Waals surface area contributed by atoms with Gasteiger partial charge in [-0.05, 0) is 42.9 Å². The molecule has 1 N–H and O–H groups in total.